The van der Waals surface area contributed by atoms with E-state index in [-0.39, 0.29) is 18.1 Å². The number of carbonyl (C=O) groups excluding carboxylic acids is 1. The van der Waals surface area contributed by atoms with E-state index in [0.29, 0.717) is 31.8 Å². The first-order valence-electron chi connectivity index (χ1n) is 6.60. The SMILES string of the molecule is O=C(Cn1ncc2ccc([N+](=O)[O-])cc21)N1CCOCC1. The number of nitro groups is 1. The minimum Gasteiger partial charge on any atom is -0.378 e. The third-order valence-corrected chi connectivity index (χ3v) is 3.49. The molecular weight excluding hydrogens is 276 g/mol. The maximum Gasteiger partial charge on any atom is 0.271 e. The molecule has 3 rings (SSSR count). The molecule has 1 aromatic heterocycles. The highest BCUT2D eigenvalue weighted by atomic mass is 16.6. The highest BCUT2D eigenvalue weighted by Crippen LogP contribution is 2.20. The van der Waals surface area contributed by atoms with E-state index >= 15 is 0 Å². The van der Waals surface area contributed by atoms with Gasteiger partial charge in [-0.05, 0) is 6.07 Å². The summed E-state index contributed by atoms with van der Waals surface area (Å²) in [5, 5.41) is 15.8. The number of ether oxygens (including phenoxy) is 1. The van der Waals surface area contributed by atoms with Crippen LogP contribution in [0.15, 0.2) is 24.4 Å². The van der Waals surface area contributed by atoms with Crippen LogP contribution in [-0.2, 0) is 16.1 Å². The van der Waals surface area contributed by atoms with Crippen molar-refractivity contribution in [2.75, 3.05) is 26.3 Å². The standard InChI is InChI=1S/C13H14N4O4/c18-13(15-3-5-21-6-4-15)9-16-12-7-11(17(19)20)2-1-10(12)8-14-16/h1-2,7-8H,3-6,9H2. The molecule has 110 valence electrons. The van der Waals surface area contributed by atoms with Gasteiger partial charge < -0.3 is 9.64 Å². The Balaban J connectivity index is 1.84. The summed E-state index contributed by atoms with van der Waals surface area (Å²) < 4.78 is 6.71. The normalized spacial score (nSPS) is 15.3. The molecule has 0 bridgehead atoms. The molecule has 1 fully saturated rings. The first kappa shape index (κ1) is 13.5. The number of hydrogen-bond donors (Lipinski definition) is 0. The molecule has 0 spiro atoms. The number of rotatable bonds is 3. The van der Waals surface area contributed by atoms with Gasteiger partial charge in [-0.25, -0.2) is 0 Å². The molecule has 1 aromatic carbocycles. The molecule has 2 aromatic rings. The number of aromatic nitrogens is 2. The quantitative estimate of drug-likeness (QED) is 0.616. The molecule has 0 atom stereocenters. The van der Waals surface area contributed by atoms with Gasteiger partial charge in [0.05, 0.1) is 29.9 Å². The zero-order valence-corrected chi connectivity index (χ0v) is 11.3. The van der Waals surface area contributed by atoms with Crippen LogP contribution >= 0.6 is 0 Å². The third kappa shape index (κ3) is 2.70. The molecule has 1 saturated heterocycles. The van der Waals surface area contributed by atoms with E-state index in [4.69, 9.17) is 4.74 Å². The van der Waals surface area contributed by atoms with Crippen molar-refractivity contribution in [2.45, 2.75) is 6.54 Å². The van der Waals surface area contributed by atoms with Gasteiger partial charge in [0.15, 0.2) is 0 Å². The highest BCUT2D eigenvalue weighted by Gasteiger charge is 2.19. The Morgan fingerprint density at radius 3 is 2.86 bits per heavy atom. The number of hydrogen-bond acceptors (Lipinski definition) is 5. The second-order valence-corrected chi connectivity index (χ2v) is 4.80. The Morgan fingerprint density at radius 2 is 2.14 bits per heavy atom. The van der Waals surface area contributed by atoms with Crippen LogP contribution in [0.25, 0.3) is 10.9 Å². The summed E-state index contributed by atoms with van der Waals surface area (Å²) >= 11 is 0. The number of benzene rings is 1. The van der Waals surface area contributed by atoms with Crippen LogP contribution in [0.1, 0.15) is 0 Å². The van der Waals surface area contributed by atoms with E-state index in [1.165, 1.54) is 16.8 Å². The van der Waals surface area contributed by atoms with Crippen molar-refractivity contribution < 1.29 is 14.5 Å². The number of morpholine rings is 1. The molecule has 0 saturated carbocycles. The van der Waals surface area contributed by atoms with Gasteiger partial charge in [-0.15, -0.1) is 0 Å². The lowest BCUT2D eigenvalue weighted by atomic mass is 10.2. The van der Waals surface area contributed by atoms with Crippen LogP contribution in [0, 0.1) is 10.1 Å². The lowest BCUT2D eigenvalue weighted by molar-refractivity contribution is -0.384. The molecule has 8 nitrogen and oxygen atoms in total. The molecule has 2 heterocycles. The third-order valence-electron chi connectivity index (χ3n) is 3.49. The molecule has 1 aliphatic heterocycles. The minimum absolute atomic E-state index is 0.0110. The monoisotopic (exact) mass is 290 g/mol. The summed E-state index contributed by atoms with van der Waals surface area (Å²) in [6.45, 7) is 2.29. The molecule has 0 N–H and O–H groups in total. The number of amides is 1. The summed E-state index contributed by atoms with van der Waals surface area (Å²) in [4.78, 5) is 24.3. The number of nitrogens with zero attached hydrogens (tertiary/aromatic N) is 4. The molecule has 1 aliphatic rings. The van der Waals surface area contributed by atoms with Gasteiger partial charge in [-0.2, -0.15) is 5.10 Å². The van der Waals surface area contributed by atoms with Gasteiger partial charge >= 0.3 is 0 Å². The summed E-state index contributed by atoms with van der Waals surface area (Å²) in [7, 11) is 0. The summed E-state index contributed by atoms with van der Waals surface area (Å²) in [6.07, 6.45) is 1.60. The number of non-ortho nitro benzene ring substituents is 1. The van der Waals surface area contributed by atoms with Crippen molar-refractivity contribution >= 4 is 22.5 Å². The average Bonchev–Trinajstić information content (AvgIpc) is 2.90. The predicted molar refractivity (Wildman–Crippen MR) is 73.8 cm³/mol. The topological polar surface area (TPSA) is 90.5 Å². The molecule has 8 heteroatoms. The zero-order chi connectivity index (χ0) is 14.8. The Hall–Kier alpha value is -2.48. The van der Waals surface area contributed by atoms with Crippen molar-refractivity contribution in [2.24, 2.45) is 0 Å². The van der Waals surface area contributed by atoms with Gasteiger partial charge in [0.1, 0.15) is 6.54 Å². The van der Waals surface area contributed by atoms with Gasteiger partial charge in [-0.1, -0.05) is 0 Å². The number of nitro benzene ring substituents is 1. The van der Waals surface area contributed by atoms with E-state index in [1.807, 2.05) is 0 Å². The largest absolute Gasteiger partial charge is 0.378 e. The first-order valence-corrected chi connectivity index (χ1v) is 6.60. The molecular formula is C13H14N4O4. The lowest BCUT2D eigenvalue weighted by Gasteiger charge is -2.26. The summed E-state index contributed by atoms with van der Waals surface area (Å²) in [5.41, 5.74) is 0.578. The fourth-order valence-electron chi connectivity index (χ4n) is 2.34. The van der Waals surface area contributed by atoms with Gasteiger partial charge in [0.2, 0.25) is 5.91 Å². The second kappa shape index (κ2) is 5.49. The van der Waals surface area contributed by atoms with Crippen LogP contribution in [0.3, 0.4) is 0 Å². The molecule has 21 heavy (non-hydrogen) atoms. The Kier molecular flexibility index (Phi) is 3.53. The highest BCUT2D eigenvalue weighted by molar-refractivity contribution is 5.83. The predicted octanol–water partition coefficient (Wildman–Crippen LogP) is 0.803. The molecule has 1 amide bonds. The van der Waals surface area contributed by atoms with Gasteiger partial charge in [-0.3, -0.25) is 19.6 Å². The minimum atomic E-state index is -0.458. The van der Waals surface area contributed by atoms with Crippen LogP contribution in [-0.4, -0.2) is 51.8 Å². The lowest BCUT2D eigenvalue weighted by Crippen LogP contribution is -2.42. The number of carbonyl (C=O) groups is 1. The van der Waals surface area contributed by atoms with Crippen LogP contribution in [0.4, 0.5) is 5.69 Å². The van der Waals surface area contributed by atoms with E-state index in [9.17, 15) is 14.9 Å². The molecule has 0 unspecified atom stereocenters. The molecule has 0 aliphatic carbocycles. The zero-order valence-electron chi connectivity index (χ0n) is 11.3. The fraction of sp³-hybridized carbons (Fsp3) is 0.385. The smallest absolute Gasteiger partial charge is 0.271 e. The van der Waals surface area contributed by atoms with Crippen molar-refractivity contribution in [3.63, 3.8) is 0 Å². The van der Waals surface area contributed by atoms with Gasteiger partial charge in [0, 0.05) is 30.6 Å². The first-order chi connectivity index (χ1) is 10.1. The molecule has 0 radical (unpaired) electrons. The van der Waals surface area contributed by atoms with E-state index < -0.39 is 4.92 Å². The van der Waals surface area contributed by atoms with E-state index in [0.717, 1.165) is 5.39 Å². The second-order valence-electron chi connectivity index (χ2n) is 4.80. The Morgan fingerprint density at radius 1 is 1.38 bits per heavy atom. The summed E-state index contributed by atoms with van der Waals surface area (Å²) in [6, 6.07) is 4.50. The van der Waals surface area contributed by atoms with Crippen molar-refractivity contribution in [3.8, 4) is 0 Å². The van der Waals surface area contributed by atoms with Crippen LogP contribution in [0.2, 0.25) is 0 Å². The van der Waals surface area contributed by atoms with E-state index in [2.05, 4.69) is 5.10 Å². The summed E-state index contributed by atoms with van der Waals surface area (Å²) in [5.74, 6) is -0.0604. The average molecular weight is 290 g/mol. The van der Waals surface area contributed by atoms with Crippen molar-refractivity contribution in [1.82, 2.24) is 14.7 Å². The van der Waals surface area contributed by atoms with Crippen LogP contribution < -0.4 is 0 Å². The Bertz CT molecular complexity index is 691. The fourth-order valence-corrected chi connectivity index (χ4v) is 2.34. The maximum atomic E-state index is 12.2. The van der Waals surface area contributed by atoms with Crippen molar-refractivity contribution in [3.05, 3.63) is 34.5 Å². The van der Waals surface area contributed by atoms with Gasteiger partial charge in [0.25, 0.3) is 5.69 Å². The van der Waals surface area contributed by atoms with E-state index in [1.54, 1.807) is 17.2 Å². The Labute approximate surface area is 120 Å². The van der Waals surface area contributed by atoms with Crippen molar-refractivity contribution in [1.29, 1.82) is 0 Å². The van der Waals surface area contributed by atoms with Crippen LogP contribution in [0.5, 0.6) is 0 Å². The number of fused-ring (bicyclic) bond motifs is 1. The maximum absolute atomic E-state index is 12.2.